The zero-order valence-electron chi connectivity index (χ0n) is 13.7. The third-order valence-electron chi connectivity index (χ3n) is 4.24. The molecule has 2 rings (SSSR count). The van der Waals surface area contributed by atoms with E-state index in [9.17, 15) is 4.79 Å². The number of hydrogen-bond acceptors (Lipinski definition) is 2. The van der Waals surface area contributed by atoms with Crippen LogP contribution in [0.25, 0.3) is 0 Å². The van der Waals surface area contributed by atoms with Crippen molar-refractivity contribution in [1.82, 2.24) is 4.90 Å². The van der Waals surface area contributed by atoms with Crippen LogP contribution in [0.1, 0.15) is 39.2 Å². The summed E-state index contributed by atoms with van der Waals surface area (Å²) in [6.45, 7) is 7.76. The van der Waals surface area contributed by atoms with Crippen LogP contribution in [-0.4, -0.2) is 31.0 Å². The molecule has 0 aliphatic carbocycles. The summed E-state index contributed by atoms with van der Waals surface area (Å²) in [5, 5.41) is 0. The molecule has 1 saturated heterocycles. The largest absolute Gasteiger partial charge is 0.496 e. The maximum absolute atomic E-state index is 12.3. The molecule has 1 aliphatic rings. The number of para-hydroxylation sites is 1. The van der Waals surface area contributed by atoms with Crippen molar-refractivity contribution in [1.29, 1.82) is 0 Å². The Morgan fingerprint density at radius 2 is 1.86 bits per heavy atom. The van der Waals surface area contributed by atoms with E-state index in [1.54, 1.807) is 7.11 Å². The number of likely N-dealkylation sites (tertiary alicyclic amines) is 1. The summed E-state index contributed by atoms with van der Waals surface area (Å²) < 4.78 is 5.43. The number of rotatable bonds is 3. The number of carbonyl (C=O) groups is 1. The Bertz CT molecular complexity index is 482. The molecule has 1 aromatic carbocycles. The van der Waals surface area contributed by atoms with Gasteiger partial charge in [0.1, 0.15) is 5.75 Å². The van der Waals surface area contributed by atoms with Crippen molar-refractivity contribution in [2.24, 2.45) is 11.3 Å². The van der Waals surface area contributed by atoms with E-state index in [-0.39, 0.29) is 11.3 Å². The van der Waals surface area contributed by atoms with Crippen LogP contribution in [-0.2, 0) is 11.2 Å². The van der Waals surface area contributed by atoms with E-state index in [4.69, 9.17) is 4.74 Å². The fourth-order valence-corrected chi connectivity index (χ4v) is 3.00. The Hall–Kier alpha value is -1.51. The highest BCUT2D eigenvalue weighted by atomic mass is 16.5. The zero-order valence-corrected chi connectivity index (χ0v) is 13.7. The molecule has 1 aromatic rings. The molecule has 21 heavy (non-hydrogen) atoms. The molecule has 0 saturated carbocycles. The molecule has 3 heteroatoms. The fourth-order valence-electron chi connectivity index (χ4n) is 3.00. The van der Waals surface area contributed by atoms with Crippen molar-refractivity contribution in [2.45, 2.75) is 40.0 Å². The maximum Gasteiger partial charge on any atom is 0.227 e. The number of carbonyl (C=O) groups excluding carboxylic acids is 1. The lowest BCUT2D eigenvalue weighted by Gasteiger charge is -2.36. The van der Waals surface area contributed by atoms with Gasteiger partial charge in [0, 0.05) is 18.5 Å². The predicted molar refractivity (Wildman–Crippen MR) is 85.5 cm³/mol. The molecule has 0 spiro atoms. The van der Waals surface area contributed by atoms with E-state index in [1.807, 2.05) is 37.8 Å². The third-order valence-corrected chi connectivity index (χ3v) is 4.24. The highest BCUT2D eigenvalue weighted by Crippen LogP contribution is 2.28. The lowest BCUT2D eigenvalue weighted by Crippen LogP contribution is -2.44. The second-order valence-electron chi connectivity index (χ2n) is 7.00. The van der Waals surface area contributed by atoms with Crippen molar-refractivity contribution >= 4 is 5.91 Å². The van der Waals surface area contributed by atoms with Crippen LogP contribution in [0, 0.1) is 11.3 Å². The van der Waals surface area contributed by atoms with Gasteiger partial charge in [0.2, 0.25) is 5.91 Å². The molecule has 1 heterocycles. The first kappa shape index (κ1) is 15.9. The average Bonchev–Trinajstić information content (AvgIpc) is 2.47. The molecule has 1 fully saturated rings. The topological polar surface area (TPSA) is 29.5 Å². The van der Waals surface area contributed by atoms with Crippen molar-refractivity contribution in [3.05, 3.63) is 29.8 Å². The van der Waals surface area contributed by atoms with Gasteiger partial charge in [-0.3, -0.25) is 4.79 Å². The molecule has 0 radical (unpaired) electrons. The minimum Gasteiger partial charge on any atom is -0.496 e. The molecule has 1 aliphatic heterocycles. The molecule has 3 nitrogen and oxygen atoms in total. The molecule has 116 valence electrons. The summed E-state index contributed by atoms with van der Waals surface area (Å²) in [5.41, 5.74) is 1.01. The van der Waals surface area contributed by atoms with Crippen LogP contribution in [0.15, 0.2) is 24.3 Å². The van der Waals surface area contributed by atoms with Gasteiger partial charge in [0.15, 0.2) is 0 Å². The Kier molecular flexibility index (Phi) is 4.92. The van der Waals surface area contributed by atoms with Crippen molar-refractivity contribution < 1.29 is 9.53 Å². The number of amides is 1. The van der Waals surface area contributed by atoms with Gasteiger partial charge in [-0.2, -0.15) is 0 Å². The van der Waals surface area contributed by atoms with Gasteiger partial charge in [-0.05, 0) is 36.8 Å². The number of hydrogen-bond donors (Lipinski definition) is 0. The normalized spacial score (nSPS) is 16.9. The minimum atomic E-state index is -0.268. The number of nitrogens with zero attached hydrogens (tertiary/aromatic N) is 1. The summed E-state index contributed by atoms with van der Waals surface area (Å²) in [6.07, 6.45) is 3.21. The van der Waals surface area contributed by atoms with Crippen molar-refractivity contribution in [2.75, 3.05) is 20.2 Å². The van der Waals surface area contributed by atoms with E-state index in [2.05, 4.69) is 12.1 Å². The average molecular weight is 289 g/mol. The summed E-state index contributed by atoms with van der Waals surface area (Å²) in [6, 6.07) is 8.24. The Balaban J connectivity index is 1.91. The van der Waals surface area contributed by atoms with E-state index in [0.717, 1.165) is 38.1 Å². The molecule has 1 amide bonds. The van der Waals surface area contributed by atoms with Crippen molar-refractivity contribution in [3.63, 3.8) is 0 Å². The monoisotopic (exact) mass is 289 g/mol. The number of methoxy groups -OCH3 is 1. The van der Waals surface area contributed by atoms with E-state index in [0.29, 0.717) is 5.92 Å². The smallest absolute Gasteiger partial charge is 0.227 e. The van der Waals surface area contributed by atoms with Crippen LogP contribution in [0.4, 0.5) is 0 Å². The van der Waals surface area contributed by atoms with Gasteiger partial charge in [0.05, 0.1) is 7.11 Å². The first-order valence-corrected chi connectivity index (χ1v) is 7.83. The van der Waals surface area contributed by atoms with Crippen LogP contribution >= 0.6 is 0 Å². The first-order chi connectivity index (χ1) is 9.91. The molecule has 0 aromatic heterocycles. The predicted octanol–water partition coefficient (Wildman–Crippen LogP) is 3.52. The van der Waals surface area contributed by atoms with E-state index >= 15 is 0 Å². The Morgan fingerprint density at radius 1 is 1.24 bits per heavy atom. The quantitative estimate of drug-likeness (QED) is 0.852. The highest BCUT2D eigenvalue weighted by Gasteiger charge is 2.30. The van der Waals surface area contributed by atoms with Gasteiger partial charge in [0.25, 0.3) is 0 Å². The van der Waals surface area contributed by atoms with Gasteiger partial charge < -0.3 is 9.64 Å². The Morgan fingerprint density at radius 3 is 2.43 bits per heavy atom. The number of ether oxygens (including phenoxy) is 1. The van der Waals surface area contributed by atoms with Gasteiger partial charge >= 0.3 is 0 Å². The number of benzene rings is 1. The lowest BCUT2D eigenvalue weighted by molar-refractivity contribution is -0.140. The summed E-state index contributed by atoms with van der Waals surface area (Å²) in [4.78, 5) is 14.3. The molecular weight excluding hydrogens is 262 g/mol. The van der Waals surface area contributed by atoms with Crippen molar-refractivity contribution in [3.8, 4) is 5.75 Å². The highest BCUT2D eigenvalue weighted by molar-refractivity contribution is 5.81. The lowest BCUT2D eigenvalue weighted by atomic mass is 9.87. The summed E-state index contributed by atoms with van der Waals surface area (Å²) in [7, 11) is 1.73. The van der Waals surface area contributed by atoms with Crippen LogP contribution in [0.3, 0.4) is 0 Å². The maximum atomic E-state index is 12.3. The fraction of sp³-hybridized carbons (Fsp3) is 0.611. The first-order valence-electron chi connectivity index (χ1n) is 7.83. The molecule has 0 atom stereocenters. The second kappa shape index (κ2) is 6.50. The molecule has 0 unspecified atom stereocenters. The molecule has 0 bridgehead atoms. The zero-order chi connectivity index (χ0) is 15.5. The van der Waals surface area contributed by atoms with Gasteiger partial charge in [-0.15, -0.1) is 0 Å². The van der Waals surface area contributed by atoms with Crippen LogP contribution in [0.5, 0.6) is 5.75 Å². The van der Waals surface area contributed by atoms with Crippen LogP contribution < -0.4 is 4.74 Å². The van der Waals surface area contributed by atoms with Gasteiger partial charge in [-0.25, -0.2) is 0 Å². The molecular formula is C18H27NO2. The minimum absolute atomic E-state index is 0.268. The summed E-state index contributed by atoms with van der Waals surface area (Å²) >= 11 is 0. The third kappa shape index (κ3) is 3.99. The molecule has 0 N–H and O–H groups in total. The number of piperidine rings is 1. The van der Waals surface area contributed by atoms with E-state index in [1.165, 1.54) is 5.56 Å². The standard InChI is InChI=1S/C18H27NO2/c1-18(2,3)17(20)19-11-9-14(10-12-19)13-15-7-5-6-8-16(15)21-4/h5-8,14H,9-13H2,1-4H3. The van der Waals surface area contributed by atoms with Crippen LogP contribution in [0.2, 0.25) is 0 Å². The Labute approximate surface area is 128 Å². The van der Waals surface area contributed by atoms with E-state index < -0.39 is 0 Å². The van der Waals surface area contributed by atoms with Gasteiger partial charge in [-0.1, -0.05) is 39.0 Å². The second-order valence-corrected chi connectivity index (χ2v) is 7.00. The summed E-state index contributed by atoms with van der Waals surface area (Å²) in [5.74, 6) is 1.90. The SMILES string of the molecule is COc1ccccc1CC1CCN(C(=O)C(C)(C)C)CC1.